The highest BCUT2D eigenvalue weighted by molar-refractivity contribution is 5.99. The molecule has 1 amide bonds. The summed E-state index contributed by atoms with van der Waals surface area (Å²) in [7, 11) is 0. The summed E-state index contributed by atoms with van der Waals surface area (Å²) in [6.45, 7) is 4.53. The van der Waals surface area contributed by atoms with Crippen LogP contribution in [0.15, 0.2) is 54.6 Å². The van der Waals surface area contributed by atoms with Gasteiger partial charge in [-0.15, -0.1) is 0 Å². The Morgan fingerprint density at radius 3 is 2.30 bits per heavy atom. The number of carbonyl (C=O) groups excluding carboxylic acids is 1. The molecular formula is C23H28N2O2. The van der Waals surface area contributed by atoms with E-state index in [1.54, 1.807) is 0 Å². The normalized spacial score (nSPS) is 19.7. The third-order valence-corrected chi connectivity index (χ3v) is 5.94. The second kappa shape index (κ2) is 8.24. The van der Waals surface area contributed by atoms with Gasteiger partial charge in [0.15, 0.2) is 0 Å². The number of nitrogens with zero attached hydrogens (tertiary/aromatic N) is 1. The van der Waals surface area contributed by atoms with Crippen LogP contribution in [0.4, 0.5) is 5.69 Å². The summed E-state index contributed by atoms with van der Waals surface area (Å²) < 4.78 is 5.41. The zero-order valence-corrected chi connectivity index (χ0v) is 15.8. The molecule has 0 radical (unpaired) electrons. The van der Waals surface area contributed by atoms with Gasteiger partial charge in [0.1, 0.15) is 0 Å². The van der Waals surface area contributed by atoms with Crippen LogP contribution in [-0.4, -0.2) is 37.1 Å². The van der Waals surface area contributed by atoms with E-state index >= 15 is 0 Å². The minimum Gasteiger partial charge on any atom is -0.379 e. The molecule has 0 bridgehead atoms. The van der Waals surface area contributed by atoms with E-state index in [4.69, 9.17) is 4.74 Å². The molecule has 2 aliphatic rings. The van der Waals surface area contributed by atoms with E-state index in [1.807, 2.05) is 30.3 Å². The molecule has 0 aromatic heterocycles. The van der Waals surface area contributed by atoms with Gasteiger partial charge in [0.25, 0.3) is 0 Å². The van der Waals surface area contributed by atoms with Gasteiger partial charge < -0.3 is 10.1 Å². The Morgan fingerprint density at radius 2 is 1.63 bits per heavy atom. The molecule has 4 rings (SSSR count). The number of hydrogen-bond donors (Lipinski definition) is 1. The Hall–Kier alpha value is -2.17. The average Bonchev–Trinajstić information content (AvgIpc) is 3.22. The number of amides is 1. The van der Waals surface area contributed by atoms with Gasteiger partial charge in [-0.25, -0.2) is 0 Å². The molecule has 1 N–H and O–H groups in total. The molecule has 1 saturated heterocycles. The van der Waals surface area contributed by atoms with Crippen molar-refractivity contribution < 1.29 is 9.53 Å². The molecule has 1 saturated carbocycles. The Morgan fingerprint density at radius 1 is 0.963 bits per heavy atom. The van der Waals surface area contributed by atoms with E-state index in [0.717, 1.165) is 69.8 Å². The Bertz CT molecular complexity index is 746. The first kappa shape index (κ1) is 18.2. The lowest BCUT2D eigenvalue weighted by Gasteiger charge is -2.28. The van der Waals surface area contributed by atoms with Crippen LogP contribution in [0.1, 0.15) is 36.8 Å². The first-order chi connectivity index (χ1) is 13.3. The van der Waals surface area contributed by atoms with Crippen LogP contribution in [0.5, 0.6) is 0 Å². The van der Waals surface area contributed by atoms with E-state index < -0.39 is 0 Å². The van der Waals surface area contributed by atoms with Crippen molar-refractivity contribution in [3.05, 3.63) is 65.7 Å². The van der Waals surface area contributed by atoms with Crippen LogP contribution in [-0.2, 0) is 21.5 Å². The third-order valence-electron chi connectivity index (χ3n) is 5.94. The van der Waals surface area contributed by atoms with Crippen molar-refractivity contribution in [1.29, 1.82) is 0 Å². The molecule has 4 nitrogen and oxygen atoms in total. The highest BCUT2D eigenvalue weighted by atomic mass is 16.5. The van der Waals surface area contributed by atoms with Crippen molar-refractivity contribution in [2.45, 2.75) is 37.6 Å². The Labute approximate surface area is 161 Å². The number of carbonyl (C=O) groups is 1. The molecule has 142 valence electrons. The number of nitrogens with one attached hydrogen (secondary N) is 1. The molecule has 1 heterocycles. The lowest BCUT2D eigenvalue weighted by molar-refractivity contribution is -0.121. The van der Waals surface area contributed by atoms with Crippen molar-refractivity contribution in [1.82, 2.24) is 4.90 Å². The number of morpholine rings is 1. The largest absolute Gasteiger partial charge is 0.379 e. The third kappa shape index (κ3) is 4.07. The lowest BCUT2D eigenvalue weighted by Crippen LogP contribution is -2.38. The Kier molecular flexibility index (Phi) is 5.55. The van der Waals surface area contributed by atoms with Gasteiger partial charge in [-0.2, -0.15) is 0 Å². The number of anilines is 1. The summed E-state index contributed by atoms with van der Waals surface area (Å²) in [6, 6.07) is 18.6. The topological polar surface area (TPSA) is 41.6 Å². The van der Waals surface area contributed by atoms with Crippen molar-refractivity contribution in [3.8, 4) is 0 Å². The van der Waals surface area contributed by atoms with Crippen molar-refractivity contribution in [3.63, 3.8) is 0 Å². The fraction of sp³-hybridized carbons (Fsp3) is 0.435. The van der Waals surface area contributed by atoms with Crippen LogP contribution in [0.3, 0.4) is 0 Å². The maximum absolute atomic E-state index is 13.2. The monoisotopic (exact) mass is 364 g/mol. The molecule has 0 atom stereocenters. The van der Waals surface area contributed by atoms with Crippen LogP contribution in [0.25, 0.3) is 0 Å². The van der Waals surface area contributed by atoms with Crippen LogP contribution in [0.2, 0.25) is 0 Å². The minimum absolute atomic E-state index is 0.132. The first-order valence-corrected chi connectivity index (χ1v) is 10.0. The quantitative estimate of drug-likeness (QED) is 0.873. The van der Waals surface area contributed by atoms with Crippen molar-refractivity contribution in [2.75, 3.05) is 31.6 Å². The molecule has 4 heteroatoms. The van der Waals surface area contributed by atoms with Crippen LogP contribution in [0, 0.1) is 0 Å². The van der Waals surface area contributed by atoms with E-state index in [0.29, 0.717) is 0 Å². The standard InChI is InChI=1S/C23H28N2O2/c26-22(23(12-4-5-13-23)20-6-2-1-3-7-20)24-21-10-8-19(9-11-21)18-25-14-16-27-17-15-25/h1-3,6-11H,4-5,12-18H2,(H,24,26). The average molecular weight is 364 g/mol. The summed E-state index contributed by atoms with van der Waals surface area (Å²) in [5, 5.41) is 3.18. The second-order valence-electron chi connectivity index (χ2n) is 7.69. The van der Waals surface area contributed by atoms with E-state index in [-0.39, 0.29) is 11.3 Å². The van der Waals surface area contributed by atoms with Gasteiger partial charge in [0.05, 0.1) is 18.6 Å². The van der Waals surface area contributed by atoms with Crippen LogP contribution < -0.4 is 5.32 Å². The summed E-state index contributed by atoms with van der Waals surface area (Å²) in [4.78, 5) is 15.6. The molecule has 1 aliphatic carbocycles. The lowest BCUT2D eigenvalue weighted by atomic mass is 9.78. The molecule has 0 unspecified atom stereocenters. The molecule has 1 aliphatic heterocycles. The van der Waals surface area contributed by atoms with E-state index in [9.17, 15) is 4.79 Å². The van der Waals surface area contributed by atoms with Gasteiger partial charge in [-0.1, -0.05) is 55.3 Å². The molecule has 2 fully saturated rings. The summed E-state index contributed by atoms with van der Waals surface area (Å²) in [5.74, 6) is 0.132. The molecular weight excluding hydrogens is 336 g/mol. The van der Waals surface area contributed by atoms with Gasteiger partial charge in [-0.3, -0.25) is 9.69 Å². The fourth-order valence-electron chi connectivity index (χ4n) is 4.34. The number of hydrogen-bond acceptors (Lipinski definition) is 3. The minimum atomic E-state index is -0.381. The van der Waals surface area contributed by atoms with Crippen molar-refractivity contribution >= 4 is 11.6 Å². The van der Waals surface area contributed by atoms with Crippen molar-refractivity contribution in [2.24, 2.45) is 0 Å². The van der Waals surface area contributed by atoms with Gasteiger partial charge in [0.2, 0.25) is 5.91 Å². The smallest absolute Gasteiger partial charge is 0.235 e. The summed E-state index contributed by atoms with van der Waals surface area (Å²) in [5.41, 5.74) is 2.92. The second-order valence-corrected chi connectivity index (χ2v) is 7.69. The predicted octanol–water partition coefficient (Wildman–Crippen LogP) is 3.97. The Balaban J connectivity index is 1.44. The summed E-state index contributed by atoms with van der Waals surface area (Å²) in [6.07, 6.45) is 4.08. The van der Waals surface area contributed by atoms with Gasteiger partial charge >= 0.3 is 0 Å². The molecule has 2 aromatic rings. The molecule has 2 aromatic carbocycles. The van der Waals surface area contributed by atoms with Gasteiger partial charge in [-0.05, 0) is 36.1 Å². The molecule has 0 spiro atoms. The van der Waals surface area contributed by atoms with Gasteiger partial charge in [0, 0.05) is 25.3 Å². The maximum Gasteiger partial charge on any atom is 0.235 e. The number of rotatable bonds is 5. The molecule has 27 heavy (non-hydrogen) atoms. The highest BCUT2D eigenvalue weighted by Gasteiger charge is 2.42. The summed E-state index contributed by atoms with van der Waals surface area (Å²) >= 11 is 0. The zero-order chi connectivity index (χ0) is 18.5. The van der Waals surface area contributed by atoms with E-state index in [1.165, 1.54) is 5.56 Å². The SMILES string of the molecule is O=C(Nc1ccc(CN2CCOCC2)cc1)C1(c2ccccc2)CCCC1. The highest BCUT2D eigenvalue weighted by Crippen LogP contribution is 2.42. The maximum atomic E-state index is 13.2. The number of benzene rings is 2. The fourth-order valence-corrected chi connectivity index (χ4v) is 4.34. The van der Waals surface area contributed by atoms with E-state index in [2.05, 4.69) is 34.5 Å². The number of ether oxygens (including phenoxy) is 1. The first-order valence-electron chi connectivity index (χ1n) is 10.0. The zero-order valence-electron chi connectivity index (χ0n) is 15.8. The predicted molar refractivity (Wildman–Crippen MR) is 108 cm³/mol. The van der Waals surface area contributed by atoms with Crippen LogP contribution >= 0.6 is 0 Å².